The standard InChI is InChI=1S/C24H38ClN5O3/c1-24(2,27)14-22(31)30-10-4-16(5-11-30)15-29-8-6-17(7-9-29)28-23(32)18-12-19(25)20(26)13-21(18)33-3/h12-13,16-17H,4-11,14-15,26-27H2,1-3H3,(H,28,32). The Morgan fingerprint density at radius 3 is 2.36 bits per heavy atom. The second kappa shape index (κ2) is 10.9. The molecule has 2 aliphatic rings. The highest BCUT2D eigenvalue weighted by Crippen LogP contribution is 2.29. The fourth-order valence-corrected chi connectivity index (χ4v) is 4.83. The molecule has 0 saturated carbocycles. The molecule has 0 unspecified atom stereocenters. The summed E-state index contributed by atoms with van der Waals surface area (Å²) >= 11 is 6.10. The molecule has 184 valence electrons. The molecule has 1 aromatic rings. The van der Waals surface area contributed by atoms with Crippen molar-refractivity contribution in [1.82, 2.24) is 15.1 Å². The zero-order valence-electron chi connectivity index (χ0n) is 20.0. The highest BCUT2D eigenvalue weighted by atomic mass is 35.5. The van der Waals surface area contributed by atoms with Crippen molar-refractivity contribution in [2.24, 2.45) is 11.7 Å². The Hall–Kier alpha value is -2.03. The maximum absolute atomic E-state index is 12.8. The van der Waals surface area contributed by atoms with Crippen LogP contribution in [0.25, 0.3) is 0 Å². The zero-order chi connectivity index (χ0) is 24.2. The first-order valence-electron chi connectivity index (χ1n) is 11.8. The van der Waals surface area contributed by atoms with Crippen LogP contribution in [0.4, 0.5) is 5.69 Å². The molecule has 0 spiro atoms. The number of anilines is 1. The molecule has 3 rings (SSSR count). The number of nitrogens with one attached hydrogen (secondary N) is 1. The van der Waals surface area contributed by atoms with E-state index in [2.05, 4.69) is 10.2 Å². The van der Waals surface area contributed by atoms with E-state index >= 15 is 0 Å². The van der Waals surface area contributed by atoms with Crippen LogP contribution in [0.3, 0.4) is 0 Å². The second-order valence-electron chi connectivity index (χ2n) is 10.1. The van der Waals surface area contributed by atoms with Crippen molar-refractivity contribution in [3.63, 3.8) is 0 Å². The molecule has 0 bridgehead atoms. The Bertz CT molecular complexity index is 841. The molecule has 2 heterocycles. The Morgan fingerprint density at radius 2 is 1.79 bits per heavy atom. The van der Waals surface area contributed by atoms with Crippen molar-refractivity contribution in [2.75, 3.05) is 45.6 Å². The largest absolute Gasteiger partial charge is 0.496 e. The molecule has 9 heteroatoms. The van der Waals surface area contributed by atoms with Gasteiger partial charge in [0.1, 0.15) is 5.75 Å². The average Bonchev–Trinajstić information content (AvgIpc) is 2.76. The number of carbonyl (C=O) groups is 2. The third kappa shape index (κ3) is 7.22. The number of nitrogen functional groups attached to an aromatic ring is 1. The van der Waals surface area contributed by atoms with Gasteiger partial charge in [0.05, 0.1) is 23.4 Å². The predicted octanol–water partition coefficient (Wildman–Crippen LogP) is 2.49. The van der Waals surface area contributed by atoms with Crippen LogP contribution >= 0.6 is 11.6 Å². The third-order valence-electron chi connectivity index (χ3n) is 6.58. The fourth-order valence-electron chi connectivity index (χ4n) is 4.67. The minimum Gasteiger partial charge on any atom is -0.496 e. The van der Waals surface area contributed by atoms with Crippen molar-refractivity contribution >= 4 is 29.1 Å². The van der Waals surface area contributed by atoms with Gasteiger partial charge in [-0.2, -0.15) is 0 Å². The molecule has 2 saturated heterocycles. The summed E-state index contributed by atoms with van der Waals surface area (Å²) in [6, 6.07) is 3.26. The lowest BCUT2D eigenvalue weighted by Gasteiger charge is -2.38. The molecule has 2 fully saturated rings. The van der Waals surface area contributed by atoms with Gasteiger partial charge in [-0.15, -0.1) is 0 Å². The van der Waals surface area contributed by atoms with Gasteiger partial charge in [0, 0.05) is 56.8 Å². The Kier molecular flexibility index (Phi) is 8.48. The number of ether oxygens (including phenoxy) is 1. The summed E-state index contributed by atoms with van der Waals surface area (Å²) in [4.78, 5) is 29.6. The molecule has 2 amide bonds. The maximum Gasteiger partial charge on any atom is 0.255 e. The second-order valence-corrected chi connectivity index (χ2v) is 10.5. The van der Waals surface area contributed by atoms with Gasteiger partial charge in [0.25, 0.3) is 5.91 Å². The van der Waals surface area contributed by atoms with Crippen LogP contribution in [0.5, 0.6) is 5.75 Å². The van der Waals surface area contributed by atoms with Gasteiger partial charge in [-0.25, -0.2) is 0 Å². The van der Waals surface area contributed by atoms with Gasteiger partial charge in [-0.3, -0.25) is 9.59 Å². The van der Waals surface area contributed by atoms with Gasteiger partial charge in [-0.1, -0.05) is 11.6 Å². The molecule has 8 nitrogen and oxygen atoms in total. The zero-order valence-corrected chi connectivity index (χ0v) is 20.8. The molecule has 5 N–H and O–H groups in total. The first-order valence-corrected chi connectivity index (χ1v) is 12.2. The van der Waals surface area contributed by atoms with Crippen LogP contribution < -0.4 is 21.5 Å². The average molecular weight is 480 g/mol. The summed E-state index contributed by atoms with van der Waals surface area (Å²) in [5.41, 5.74) is 12.1. The lowest BCUT2D eigenvalue weighted by Crippen LogP contribution is -2.48. The number of benzene rings is 1. The van der Waals surface area contributed by atoms with E-state index in [1.807, 2.05) is 18.7 Å². The normalized spacial score (nSPS) is 18.9. The molecule has 0 aliphatic carbocycles. The van der Waals surface area contributed by atoms with Gasteiger partial charge in [0.15, 0.2) is 0 Å². The number of hydrogen-bond acceptors (Lipinski definition) is 6. The molecule has 0 aromatic heterocycles. The Morgan fingerprint density at radius 1 is 1.15 bits per heavy atom. The van der Waals surface area contributed by atoms with E-state index in [-0.39, 0.29) is 17.9 Å². The number of methoxy groups -OCH3 is 1. The van der Waals surface area contributed by atoms with Crippen LogP contribution in [-0.4, -0.2) is 73.0 Å². The molecule has 33 heavy (non-hydrogen) atoms. The lowest BCUT2D eigenvalue weighted by atomic mass is 9.93. The highest BCUT2D eigenvalue weighted by Gasteiger charge is 2.29. The number of amides is 2. The summed E-state index contributed by atoms with van der Waals surface area (Å²) in [5, 5.41) is 3.46. The van der Waals surface area contributed by atoms with Crippen LogP contribution in [0, 0.1) is 5.92 Å². The molecular formula is C24H38ClN5O3. The number of piperidine rings is 2. The lowest BCUT2D eigenvalue weighted by molar-refractivity contribution is -0.133. The van der Waals surface area contributed by atoms with E-state index in [0.717, 1.165) is 58.4 Å². The number of likely N-dealkylation sites (tertiary alicyclic amines) is 2. The summed E-state index contributed by atoms with van der Waals surface area (Å²) in [7, 11) is 1.51. The number of rotatable bonds is 7. The van der Waals surface area contributed by atoms with Crippen LogP contribution in [0.2, 0.25) is 5.02 Å². The highest BCUT2D eigenvalue weighted by molar-refractivity contribution is 6.33. The monoisotopic (exact) mass is 479 g/mol. The van der Waals surface area contributed by atoms with Crippen molar-refractivity contribution in [1.29, 1.82) is 0 Å². The number of nitrogens with zero attached hydrogens (tertiary/aromatic N) is 2. The maximum atomic E-state index is 12.8. The Labute approximate surface area is 201 Å². The van der Waals surface area contributed by atoms with Crippen LogP contribution in [0.15, 0.2) is 12.1 Å². The smallest absolute Gasteiger partial charge is 0.255 e. The van der Waals surface area contributed by atoms with E-state index in [1.165, 1.54) is 7.11 Å². The van der Waals surface area contributed by atoms with E-state index in [4.69, 9.17) is 27.8 Å². The van der Waals surface area contributed by atoms with Gasteiger partial charge < -0.3 is 31.3 Å². The summed E-state index contributed by atoms with van der Waals surface area (Å²) in [5.74, 6) is 1.00. The first-order chi connectivity index (χ1) is 15.6. The molecule has 0 radical (unpaired) electrons. The molecule has 1 aromatic carbocycles. The fraction of sp³-hybridized carbons (Fsp3) is 0.667. The van der Waals surface area contributed by atoms with E-state index in [1.54, 1.807) is 12.1 Å². The number of hydrogen-bond donors (Lipinski definition) is 3. The van der Waals surface area contributed by atoms with E-state index in [0.29, 0.717) is 34.4 Å². The van der Waals surface area contributed by atoms with Gasteiger partial charge >= 0.3 is 0 Å². The number of carbonyl (C=O) groups excluding carboxylic acids is 2. The summed E-state index contributed by atoms with van der Waals surface area (Å²) < 4.78 is 5.30. The van der Waals surface area contributed by atoms with Crippen LogP contribution in [-0.2, 0) is 4.79 Å². The SMILES string of the molecule is COc1cc(N)c(Cl)cc1C(=O)NC1CCN(CC2CCN(C(=O)CC(C)(C)N)CC2)CC1. The molecular weight excluding hydrogens is 442 g/mol. The van der Waals surface area contributed by atoms with Crippen molar-refractivity contribution in [3.8, 4) is 5.75 Å². The summed E-state index contributed by atoms with van der Waals surface area (Å²) in [6.07, 6.45) is 4.26. The first kappa shape index (κ1) is 25.6. The van der Waals surface area contributed by atoms with Crippen molar-refractivity contribution in [2.45, 2.75) is 57.5 Å². The van der Waals surface area contributed by atoms with Crippen LogP contribution in [0.1, 0.15) is 56.3 Å². The van der Waals surface area contributed by atoms with Crippen molar-refractivity contribution in [3.05, 3.63) is 22.7 Å². The molecule has 2 aliphatic heterocycles. The minimum absolute atomic E-state index is 0.119. The topological polar surface area (TPSA) is 114 Å². The summed E-state index contributed by atoms with van der Waals surface area (Å²) in [6.45, 7) is 8.37. The van der Waals surface area contributed by atoms with E-state index < -0.39 is 5.54 Å². The number of halogens is 1. The quantitative estimate of drug-likeness (QED) is 0.518. The predicted molar refractivity (Wildman–Crippen MR) is 132 cm³/mol. The third-order valence-corrected chi connectivity index (χ3v) is 6.90. The molecule has 0 atom stereocenters. The van der Waals surface area contributed by atoms with Gasteiger partial charge in [0.2, 0.25) is 5.91 Å². The van der Waals surface area contributed by atoms with E-state index in [9.17, 15) is 9.59 Å². The Balaban J connectivity index is 1.42. The number of nitrogens with two attached hydrogens (primary N) is 2. The van der Waals surface area contributed by atoms with Gasteiger partial charge in [-0.05, 0) is 51.5 Å². The minimum atomic E-state index is -0.459. The van der Waals surface area contributed by atoms with Crippen molar-refractivity contribution < 1.29 is 14.3 Å².